The molecule has 1 aromatic carbocycles. The van der Waals surface area contributed by atoms with Gasteiger partial charge in [-0.05, 0) is 29.8 Å². The molecule has 0 aliphatic carbocycles. The molecule has 0 unspecified atom stereocenters. The Morgan fingerprint density at radius 1 is 1.18 bits per heavy atom. The lowest BCUT2D eigenvalue weighted by Crippen LogP contribution is -2.38. The van der Waals surface area contributed by atoms with Crippen LogP contribution in [-0.4, -0.2) is 40.1 Å². The van der Waals surface area contributed by atoms with Crippen molar-refractivity contribution in [3.8, 4) is 11.3 Å². The van der Waals surface area contributed by atoms with Gasteiger partial charge in [0.1, 0.15) is 11.3 Å². The molecule has 33 heavy (non-hydrogen) atoms. The van der Waals surface area contributed by atoms with E-state index in [1.807, 2.05) is 4.90 Å². The minimum atomic E-state index is -4.69. The number of fused-ring (bicyclic) bond motifs is 1. The van der Waals surface area contributed by atoms with E-state index in [0.717, 1.165) is 11.6 Å². The van der Waals surface area contributed by atoms with Gasteiger partial charge in [-0.1, -0.05) is 6.07 Å². The maximum Gasteiger partial charge on any atom is 0.420 e. The van der Waals surface area contributed by atoms with Crippen LogP contribution < -0.4 is 5.32 Å². The summed E-state index contributed by atoms with van der Waals surface area (Å²) in [6.07, 6.45) is -4.90. The molecule has 1 amide bonds. The second-order valence-corrected chi connectivity index (χ2v) is 8.00. The lowest BCUT2D eigenvalue weighted by molar-refractivity contribution is -0.136. The summed E-state index contributed by atoms with van der Waals surface area (Å²) in [4.78, 5) is 16.8. The van der Waals surface area contributed by atoms with Crippen molar-refractivity contribution in [3.05, 3.63) is 53.4 Å². The number of benzene rings is 1. The number of halogens is 5. The Bertz CT molecular complexity index is 1150. The Kier molecular flexibility index (Phi) is 6.00. The Labute approximate surface area is 185 Å². The molecule has 176 valence electrons. The summed E-state index contributed by atoms with van der Waals surface area (Å²) in [5.41, 5.74) is -0.0737. The number of carboxylic acid groups (broad SMARTS) is 1. The molecule has 2 N–H and O–H groups in total. The van der Waals surface area contributed by atoms with E-state index >= 15 is 0 Å². The molecule has 11 heteroatoms. The highest BCUT2D eigenvalue weighted by Crippen LogP contribution is 2.39. The molecule has 0 spiro atoms. The van der Waals surface area contributed by atoms with Gasteiger partial charge in [0, 0.05) is 49.6 Å². The van der Waals surface area contributed by atoms with Crippen molar-refractivity contribution < 1.29 is 36.3 Å². The number of amides is 1. The molecule has 3 aromatic rings. The zero-order valence-electron chi connectivity index (χ0n) is 17.3. The van der Waals surface area contributed by atoms with E-state index in [9.17, 15) is 26.7 Å². The van der Waals surface area contributed by atoms with Crippen LogP contribution in [0.25, 0.3) is 22.2 Å². The van der Waals surface area contributed by atoms with Crippen LogP contribution in [0.3, 0.4) is 0 Å². The zero-order chi connectivity index (χ0) is 23.8. The van der Waals surface area contributed by atoms with Crippen LogP contribution in [0, 0.1) is 0 Å². The highest BCUT2D eigenvalue weighted by molar-refractivity contribution is 5.87. The third-order valence-electron chi connectivity index (χ3n) is 5.50. The van der Waals surface area contributed by atoms with Crippen LogP contribution >= 0.6 is 0 Å². The smallest absolute Gasteiger partial charge is 0.420 e. The molecule has 0 saturated carbocycles. The van der Waals surface area contributed by atoms with E-state index in [2.05, 4.69) is 10.3 Å². The summed E-state index contributed by atoms with van der Waals surface area (Å²) < 4.78 is 72.9. The highest BCUT2D eigenvalue weighted by atomic mass is 19.4. The van der Waals surface area contributed by atoms with Gasteiger partial charge in [-0.15, -0.1) is 0 Å². The summed E-state index contributed by atoms with van der Waals surface area (Å²) in [5.74, 6) is -2.59. The Morgan fingerprint density at radius 3 is 2.52 bits per heavy atom. The normalized spacial score (nSPS) is 16.8. The van der Waals surface area contributed by atoms with E-state index in [1.54, 1.807) is 12.1 Å². The fourth-order valence-electron chi connectivity index (χ4n) is 3.80. The fourth-order valence-corrected chi connectivity index (χ4v) is 3.80. The van der Waals surface area contributed by atoms with Crippen molar-refractivity contribution in [2.75, 3.05) is 13.1 Å². The molecule has 1 aliphatic rings. The van der Waals surface area contributed by atoms with Crippen LogP contribution in [0.15, 0.2) is 40.9 Å². The predicted molar refractivity (Wildman–Crippen MR) is 109 cm³/mol. The Hall–Kier alpha value is -3.21. The average molecular weight is 469 g/mol. The second-order valence-electron chi connectivity index (χ2n) is 8.00. The third kappa shape index (κ3) is 5.41. The summed E-state index contributed by atoms with van der Waals surface area (Å²) in [6.45, 7) is 0.684. The summed E-state index contributed by atoms with van der Waals surface area (Å²) in [6, 6.07) is 7.08. The molecular weight excluding hydrogens is 449 g/mol. The third-order valence-corrected chi connectivity index (χ3v) is 5.50. The Balaban J connectivity index is 1.58. The first-order valence-corrected chi connectivity index (χ1v) is 10.2. The molecular formula is C22H20F5N3O3. The number of rotatable bonds is 5. The number of likely N-dealkylation sites (tertiary alicyclic amines) is 1. The highest BCUT2D eigenvalue weighted by Gasteiger charge is 2.36. The molecule has 0 bridgehead atoms. The summed E-state index contributed by atoms with van der Waals surface area (Å²) >= 11 is 0. The van der Waals surface area contributed by atoms with E-state index in [4.69, 9.17) is 9.52 Å². The molecule has 3 heterocycles. The first kappa shape index (κ1) is 23.0. The van der Waals surface area contributed by atoms with Crippen LogP contribution in [-0.2, 0) is 19.3 Å². The van der Waals surface area contributed by atoms with Crippen molar-refractivity contribution in [1.82, 2.24) is 15.2 Å². The van der Waals surface area contributed by atoms with Gasteiger partial charge in [0.05, 0.1) is 17.8 Å². The van der Waals surface area contributed by atoms with Crippen molar-refractivity contribution in [3.63, 3.8) is 0 Å². The summed E-state index contributed by atoms with van der Waals surface area (Å²) in [5, 5.41) is 10.9. The topological polar surface area (TPSA) is 78.6 Å². The first-order valence-electron chi connectivity index (χ1n) is 10.2. The van der Waals surface area contributed by atoms with Crippen LogP contribution in [0.5, 0.6) is 0 Å². The van der Waals surface area contributed by atoms with E-state index in [1.165, 1.54) is 18.3 Å². The molecule has 6 nitrogen and oxygen atoms in total. The molecule has 1 saturated heterocycles. The van der Waals surface area contributed by atoms with Gasteiger partial charge in [-0.3, -0.25) is 9.88 Å². The van der Waals surface area contributed by atoms with Crippen molar-refractivity contribution >= 4 is 17.1 Å². The summed E-state index contributed by atoms with van der Waals surface area (Å²) in [7, 11) is 0. The number of nitrogens with one attached hydrogen (secondary N) is 1. The van der Waals surface area contributed by atoms with Crippen molar-refractivity contribution in [1.29, 1.82) is 0 Å². The van der Waals surface area contributed by atoms with E-state index < -0.39 is 23.8 Å². The molecule has 0 atom stereocenters. The van der Waals surface area contributed by atoms with Crippen molar-refractivity contribution in [2.24, 2.45) is 0 Å². The second kappa shape index (κ2) is 8.62. The van der Waals surface area contributed by atoms with Gasteiger partial charge in [-0.2, -0.15) is 13.2 Å². The van der Waals surface area contributed by atoms with Crippen LogP contribution in [0.4, 0.5) is 26.7 Å². The Morgan fingerprint density at radius 2 is 1.91 bits per heavy atom. The van der Waals surface area contributed by atoms with Gasteiger partial charge in [0.2, 0.25) is 0 Å². The average Bonchev–Trinajstić information content (AvgIpc) is 3.16. The lowest BCUT2D eigenvalue weighted by Gasteiger charge is -2.31. The zero-order valence-corrected chi connectivity index (χ0v) is 17.3. The number of alkyl halides is 5. The quantitative estimate of drug-likeness (QED) is 0.482. The maximum atomic E-state index is 13.7. The maximum absolute atomic E-state index is 13.7. The molecule has 1 fully saturated rings. The number of furan rings is 1. The molecule has 1 aliphatic heterocycles. The number of piperidine rings is 1. The minimum absolute atomic E-state index is 0.0467. The van der Waals surface area contributed by atoms with Gasteiger partial charge in [-0.25, -0.2) is 13.6 Å². The largest absolute Gasteiger partial charge is 0.465 e. The number of nitrogens with zero attached hydrogens (tertiary/aromatic N) is 2. The van der Waals surface area contributed by atoms with Gasteiger partial charge >= 0.3 is 12.3 Å². The number of hydrogen-bond acceptors (Lipinski definition) is 4. The van der Waals surface area contributed by atoms with Crippen LogP contribution in [0.2, 0.25) is 0 Å². The molecule has 2 aromatic heterocycles. The number of hydrogen-bond donors (Lipinski definition) is 2. The predicted octanol–water partition coefficient (Wildman–Crippen LogP) is 5.51. The van der Waals surface area contributed by atoms with Gasteiger partial charge in [0.25, 0.3) is 5.92 Å². The van der Waals surface area contributed by atoms with Crippen molar-refractivity contribution in [2.45, 2.75) is 38.0 Å². The van der Waals surface area contributed by atoms with Gasteiger partial charge < -0.3 is 14.8 Å². The first-order chi connectivity index (χ1) is 15.5. The standard InChI is InChI=1S/C22H20F5N3O3/c23-21(24)3-5-30(6-4-21)12-13-1-2-18(28-10-13)14-7-15-8-16(11-29-20(31)32)33-19(15)17(9-14)22(25,26)27/h1-2,7-10,29H,3-6,11-12H2,(H,31,32). The fraction of sp³-hybridized carbons (Fsp3) is 0.364. The van der Waals surface area contributed by atoms with Crippen LogP contribution in [0.1, 0.15) is 29.7 Å². The monoisotopic (exact) mass is 469 g/mol. The molecule has 4 rings (SSSR count). The number of carbonyl (C=O) groups is 1. The SMILES string of the molecule is O=C(O)NCc1cc2cc(-c3ccc(CN4CCC(F)(F)CC4)cn3)cc(C(F)(F)F)c2o1. The lowest BCUT2D eigenvalue weighted by atomic mass is 10.0. The minimum Gasteiger partial charge on any atom is -0.465 e. The van der Waals surface area contributed by atoms with Gasteiger partial charge in [0.15, 0.2) is 0 Å². The number of pyridine rings is 1. The number of aromatic nitrogens is 1. The van der Waals surface area contributed by atoms with E-state index in [-0.39, 0.29) is 54.8 Å². The molecule has 0 radical (unpaired) electrons. The van der Waals surface area contributed by atoms with E-state index in [0.29, 0.717) is 12.2 Å².